The summed E-state index contributed by atoms with van der Waals surface area (Å²) >= 11 is 6.41. The van der Waals surface area contributed by atoms with Crippen LogP contribution in [0.4, 0.5) is 5.69 Å². The lowest BCUT2D eigenvalue weighted by Gasteiger charge is -2.21. The summed E-state index contributed by atoms with van der Waals surface area (Å²) in [6.45, 7) is 6.32. The molecule has 1 N–H and O–H groups in total. The van der Waals surface area contributed by atoms with E-state index in [2.05, 4.69) is 29.4 Å². The van der Waals surface area contributed by atoms with Gasteiger partial charge in [0.1, 0.15) is 0 Å². The highest BCUT2D eigenvalue weighted by Crippen LogP contribution is 2.35. The fraction of sp³-hybridized carbons (Fsp3) is 0.312. The Morgan fingerprint density at radius 1 is 1.02 bits per heavy atom. The fourth-order valence-corrected chi connectivity index (χ4v) is 5.67. The zero-order valence-corrected chi connectivity index (χ0v) is 25.7. The molecule has 0 fully saturated rings. The van der Waals surface area contributed by atoms with Crippen molar-refractivity contribution in [3.8, 4) is 33.6 Å². The molecule has 222 valence electrons. The minimum atomic E-state index is -0.345. The summed E-state index contributed by atoms with van der Waals surface area (Å²) in [4.78, 5) is 34.5. The lowest BCUT2D eigenvalue weighted by atomic mass is 9.97. The lowest BCUT2D eigenvalue weighted by molar-refractivity contribution is -0.105. The van der Waals surface area contributed by atoms with Crippen LogP contribution in [0.5, 0.6) is 0 Å². The number of hydrogen-bond acceptors (Lipinski definition) is 6. The van der Waals surface area contributed by atoms with Gasteiger partial charge in [0, 0.05) is 54.3 Å². The minimum Gasteiger partial charge on any atom is -0.326 e. The third-order valence-corrected chi connectivity index (χ3v) is 7.78. The molecule has 1 unspecified atom stereocenters. The number of hydrogen-bond donors (Lipinski definition) is 1. The van der Waals surface area contributed by atoms with Gasteiger partial charge in [-0.3, -0.25) is 28.5 Å². The fourth-order valence-electron chi connectivity index (χ4n) is 5.49. The number of halogens is 1. The van der Waals surface area contributed by atoms with Crippen LogP contribution in [0.25, 0.3) is 33.6 Å². The van der Waals surface area contributed by atoms with Gasteiger partial charge in [-0.05, 0) is 49.1 Å². The molecule has 0 radical (unpaired) electrons. The summed E-state index contributed by atoms with van der Waals surface area (Å²) in [5.41, 5.74) is 6.72. The minimum absolute atomic E-state index is 0.190. The third kappa shape index (κ3) is 6.44. The smallest absolute Gasteiger partial charge is 0.254 e. The maximum Gasteiger partial charge on any atom is 0.254 e. The van der Waals surface area contributed by atoms with E-state index in [1.807, 2.05) is 57.5 Å². The molecule has 5 rings (SSSR count). The second kappa shape index (κ2) is 12.7. The zero-order valence-electron chi connectivity index (χ0n) is 25.0. The van der Waals surface area contributed by atoms with Gasteiger partial charge >= 0.3 is 0 Å². The first-order valence-electron chi connectivity index (χ1n) is 14.2. The Hall–Kier alpha value is -4.57. The highest BCUT2D eigenvalue weighted by Gasteiger charge is 2.21. The van der Waals surface area contributed by atoms with Crippen molar-refractivity contribution in [1.29, 1.82) is 0 Å². The quantitative estimate of drug-likeness (QED) is 0.185. The largest absolute Gasteiger partial charge is 0.326 e. The number of pyridine rings is 1. The van der Waals surface area contributed by atoms with Crippen LogP contribution in [0.2, 0.25) is 5.02 Å². The molecule has 0 aliphatic rings. The van der Waals surface area contributed by atoms with Gasteiger partial charge in [-0.1, -0.05) is 44.4 Å². The average Bonchev–Trinajstić information content (AvgIpc) is 3.51. The Balaban J connectivity index is 1.57. The number of nitrogens with one attached hydrogen (secondary N) is 1. The third-order valence-electron chi connectivity index (χ3n) is 7.54. The summed E-state index contributed by atoms with van der Waals surface area (Å²) < 4.78 is 5.12. The monoisotopic (exact) mass is 598 g/mol. The van der Waals surface area contributed by atoms with E-state index in [1.165, 1.54) is 0 Å². The molecule has 0 saturated heterocycles. The van der Waals surface area contributed by atoms with Gasteiger partial charge in [0.25, 0.3) is 5.56 Å². The van der Waals surface area contributed by atoms with Crippen LogP contribution in [0.1, 0.15) is 50.5 Å². The van der Waals surface area contributed by atoms with Crippen molar-refractivity contribution < 1.29 is 4.79 Å². The number of rotatable bonds is 11. The molecule has 1 aromatic carbocycles. The molecule has 0 bridgehead atoms. The highest BCUT2D eigenvalue weighted by molar-refractivity contribution is 6.31. The van der Waals surface area contributed by atoms with E-state index in [1.54, 1.807) is 38.7 Å². The first-order chi connectivity index (χ1) is 20.7. The predicted octanol–water partition coefficient (Wildman–Crippen LogP) is 6.05. The number of anilines is 1. The van der Waals surface area contributed by atoms with Crippen molar-refractivity contribution >= 4 is 23.7 Å². The number of carbonyl (C=O) groups excluding carboxylic acids is 1. The molecule has 43 heavy (non-hydrogen) atoms. The first-order valence-corrected chi connectivity index (χ1v) is 14.6. The van der Waals surface area contributed by atoms with Gasteiger partial charge in [0.05, 0.1) is 47.0 Å². The number of nitrogens with zero attached hydrogens (tertiary/aromatic N) is 7. The Morgan fingerprint density at radius 2 is 1.84 bits per heavy atom. The molecule has 0 spiro atoms. The topological polar surface area (TPSA) is 113 Å². The maximum absolute atomic E-state index is 13.8. The molecule has 5 aromatic rings. The maximum atomic E-state index is 13.8. The van der Waals surface area contributed by atoms with Crippen LogP contribution in [0, 0.1) is 12.8 Å². The number of amides is 1. The van der Waals surface area contributed by atoms with Crippen LogP contribution in [0.15, 0.2) is 66.1 Å². The molecule has 10 nitrogen and oxygen atoms in total. The summed E-state index contributed by atoms with van der Waals surface area (Å²) in [6, 6.07) is 10.6. The van der Waals surface area contributed by atoms with E-state index in [4.69, 9.17) is 21.6 Å². The SMILES string of the molecule is Cc1nn(C)cc1-c1ccc(Cl)cc1-c1cc(=O)n(C(CCCC(C)C)c2cc(-c3c(NC=O)cnn3C)ccn2)cn1. The second-order valence-electron chi connectivity index (χ2n) is 11.1. The van der Waals surface area contributed by atoms with Crippen molar-refractivity contribution in [2.75, 3.05) is 5.32 Å². The van der Waals surface area contributed by atoms with Crippen molar-refractivity contribution in [3.05, 3.63) is 88.1 Å². The number of carbonyl (C=O) groups is 1. The van der Waals surface area contributed by atoms with Crippen LogP contribution >= 0.6 is 11.6 Å². The number of benzene rings is 1. The van der Waals surface area contributed by atoms with E-state index in [-0.39, 0.29) is 11.6 Å². The van der Waals surface area contributed by atoms with E-state index < -0.39 is 0 Å². The van der Waals surface area contributed by atoms with E-state index in [0.29, 0.717) is 35.2 Å². The lowest BCUT2D eigenvalue weighted by Crippen LogP contribution is -2.26. The molecule has 1 atom stereocenters. The number of aryl methyl sites for hydroxylation is 3. The van der Waals surface area contributed by atoms with Crippen LogP contribution in [-0.2, 0) is 18.9 Å². The van der Waals surface area contributed by atoms with E-state index in [9.17, 15) is 9.59 Å². The molecule has 11 heteroatoms. The Kier molecular flexibility index (Phi) is 8.86. The summed E-state index contributed by atoms with van der Waals surface area (Å²) in [7, 11) is 3.69. The Bertz CT molecular complexity index is 1820. The molecule has 0 saturated carbocycles. The Labute approximate surface area is 255 Å². The van der Waals surface area contributed by atoms with Gasteiger partial charge in [0.2, 0.25) is 6.41 Å². The normalized spacial score (nSPS) is 12.1. The molecular formula is C32H35ClN8O2. The summed E-state index contributed by atoms with van der Waals surface area (Å²) in [5, 5.41) is 12.1. The summed E-state index contributed by atoms with van der Waals surface area (Å²) in [5.74, 6) is 0.528. The van der Waals surface area contributed by atoms with Gasteiger partial charge in [0.15, 0.2) is 0 Å². The van der Waals surface area contributed by atoms with Crippen molar-refractivity contribution in [3.63, 3.8) is 0 Å². The van der Waals surface area contributed by atoms with E-state index >= 15 is 0 Å². The highest BCUT2D eigenvalue weighted by atomic mass is 35.5. The van der Waals surface area contributed by atoms with Gasteiger partial charge in [-0.25, -0.2) is 4.98 Å². The molecule has 0 aliphatic heterocycles. The molecule has 4 heterocycles. The Morgan fingerprint density at radius 3 is 2.53 bits per heavy atom. The van der Waals surface area contributed by atoms with Crippen molar-refractivity contribution in [2.24, 2.45) is 20.0 Å². The van der Waals surface area contributed by atoms with Gasteiger partial charge in [-0.2, -0.15) is 10.2 Å². The van der Waals surface area contributed by atoms with Crippen molar-refractivity contribution in [2.45, 2.75) is 46.1 Å². The molecule has 1 amide bonds. The summed E-state index contributed by atoms with van der Waals surface area (Å²) in [6.07, 6.45) is 10.1. The van der Waals surface area contributed by atoms with Crippen LogP contribution < -0.4 is 10.9 Å². The molecule has 0 aliphatic carbocycles. The van der Waals surface area contributed by atoms with E-state index in [0.717, 1.165) is 52.2 Å². The number of aromatic nitrogens is 7. The zero-order chi connectivity index (χ0) is 30.7. The van der Waals surface area contributed by atoms with Gasteiger partial charge in [-0.15, -0.1) is 0 Å². The standard InChI is InChI=1S/C32H35ClN8O2/c1-20(2)7-6-8-30(28-13-22(11-12-34-28)32-29(36-19-42)16-37-40(32)5)41-18-35-27(15-31(41)43)25-14-23(33)9-10-24(25)26-17-39(4)38-21(26)3/h9-20,30H,6-8H2,1-5H3,(H,36,42). The van der Waals surface area contributed by atoms with Crippen LogP contribution in [-0.4, -0.2) is 40.5 Å². The first kappa shape index (κ1) is 29.9. The van der Waals surface area contributed by atoms with Crippen LogP contribution in [0.3, 0.4) is 0 Å². The second-order valence-corrected chi connectivity index (χ2v) is 11.6. The van der Waals surface area contributed by atoms with Crippen molar-refractivity contribution in [1.82, 2.24) is 34.1 Å². The van der Waals surface area contributed by atoms with Gasteiger partial charge < -0.3 is 5.32 Å². The molecular weight excluding hydrogens is 564 g/mol. The molecule has 4 aromatic heterocycles. The average molecular weight is 599 g/mol. The predicted molar refractivity (Wildman–Crippen MR) is 169 cm³/mol.